The van der Waals surface area contributed by atoms with Crippen LogP contribution in [0.5, 0.6) is 5.75 Å². The van der Waals surface area contributed by atoms with Crippen molar-refractivity contribution in [2.24, 2.45) is 0 Å². The number of hydrogen-bond donors (Lipinski definition) is 0. The van der Waals surface area contributed by atoms with Crippen LogP contribution in [0.15, 0.2) is 40.0 Å². The molecule has 2 aromatic rings. The van der Waals surface area contributed by atoms with E-state index in [0.717, 1.165) is 0 Å². The van der Waals surface area contributed by atoms with Crippen LogP contribution >= 0.6 is 39.1 Å². The fourth-order valence-corrected chi connectivity index (χ4v) is 5.57. The van der Waals surface area contributed by atoms with Crippen molar-refractivity contribution in [1.29, 1.82) is 0 Å². The Hall–Kier alpha value is -1.06. The summed E-state index contributed by atoms with van der Waals surface area (Å²) in [5, 5.41) is 0.893. The molecule has 2 heterocycles. The van der Waals surface area contributed by atoms with Gasteiger partial charge in [0.15, 0.2) is 0 Å². The Bertz CT molecular complexity index is 899. The average molecular weight is 481 g/mol. The summed E-state index contributed by atoms with van der Waals surface area (Å²) in [6.07, 6.45) is 3.05. The fourth-order valence-electron chi connectivity index (χ4n) is 2.85. The zero-order valence-corrected chi connectivity index (χ0v) is 17.7. The molecule has 0 atom stereocenters. The molecule has 6 nitrogen and oxygen atoms in total. The number of anilines is 1. The van der Waals surface area contributed by atoms with Crippen molar-refractivity contribution in [3.63, 3.8) is 0 Å². The molecule has 1 aliphatic rings. The average Bonchev–Trinajstić information content (AvgIpc) is 2.62. The van der Waals surface area contributed by atoms with E-state index in [1.807, 2.05) is 4.90 Å². The Kier molecular flexibility index (Phi) is 5.98. The van der Waals surface area contributed by atoms with Gasteiger partial charge in [-0.1, -0.05) is 39.1 Å². The van der Waals surface area contributed by atoms with E-state index >= 15 is 0 Å². The molecule has 0 radical (unpaired) electrons. The van der Waals surface area contributed by atoms with Gasteiger partial charge >= 0.3 is 0 Å². The molecule has 1 aliphatic heterocycles. The van der Waals surface area contributed by atoms with Crippen LogP contribution in [0.4, 0.5) is 5.69 Å². The number of sulfonamides is 1. The van der Waals surface area contributed by atoms with Gasteiger partial charge in [0.05, 0.1) is 22.8 Å². The second-order valence-corrected chi connectivity index (χ2v) is 9.27. The first-order valence-electron chi connectivity index (χ1n) is 7.72. The van der Waals surface area contributed by atoms with Gasteiger partial charge in [0.2, 0.25) is 10.0 Å². The van der Waals surface area contributed by atoms with Crippen molar-refractivity contribution in [1.82, 2.24) is 9.29 Å². The largest absolute Gasteiger partial charge is 0.495 e. The van der Waals surface area contributed by atoms with Crippen molar-refractivity contribution >= 4 is 54.8 Å². The van der Waals surface area contributed by atoms with Crippen molar-refractivity contribution in [2.45, 2.75) is 4.90 Å². The van der Waals surface area contributed by atoms with Crippen LogP contribution in [0.1, 0.15) is 0 Å². The summed E-state index contributed by atoms with van der Waals surface area (Å²) < 4.78 is 33.4. The Balaban J connectivity index is 1.83. The van der Waals surface area contributed by atoms with Crippen molar-refractivity contribution in [3.05, 3.63) is 45.1 Å². The zero-order chi connectivity index (χ0) is 18.9. The quantitative estimate of drug-likeness (QED) is 0.668. The highest BCUT2D eigenvalue weighted by atomic mass is 79.9. The zero-order valence-electron chi connectivity index (χ0n) is 13.8. The predicted octanol–water partition coefficient (Wildman–Crippen LogP) is 3.67. The first-order chi connectivity index (χ1) is 12.3. The summed E-state index contributed by atoms with van der Waals surface area (Å²) in [6.45, 7) is 1.57. The molecule has 0 spiro atoms. The molecular weight excluding hydrogens is 465 g/mol. The number of pyridine rings is 1. The lowest BCUT2D eigenvalue weighted by Crippen LogP contribution is -2.48. The third-order valence-electron chi connectivity index (χ3n) is 4.13. The number of methoxy groups -OCH3 is 1. The molecule has 1 saturated heterocycles. The summed E-state index contributed by atoms with van der Waals surface area (Å²) >= 11 is 15.7. The molecule has 1 aromatic heterocycles. The van der Waals surface area contributed by atoms with Gasteiger partial charge in [0.25, 0.3) is 0 Å². The maximum absolute atomic E-state index is 13.0. The van der Waals surface area contributed by atoms with Gasteiger partial charge in [-0.2, -0.15) is 4.31 Å². The number of ether oxygens (including phenoxy) is 1. The Morgan fingerprint density at radius 1 is 1.12 bits per heavy atom. The van der Waals surface area contributed by atoms with Gasteiger partial charge < -0.3 is 9.64 Å². The minimum absolute atomic E-state index is 0.141. The number of nitrogens with zero attached hydrogens (tertiary/aromatic N) is 3. The fraction of sp³-hybridized carbons (Fsp3) is 0.312. The lowest BCUT2D eigenvalue weighted by Gasteiger charge is -2.36. The summed E-state index contributed by atoms with van der Waals surface area (Å²) in [6, 6.07) is 4.92. The molecule has 3 rings (SSSR count). The standard InChI is InChI=1S/C16H16BrCl2N3O3S/c1-25-14-3-2-11(17)8-15(14)26(23,24)22-6-4-21(5-7-22)16-12(18)9-20-10-13(16)19/h2-3,8-10H,4-7H2,1H3. The van der Waals surface area contributed by atoms with Gasteiger partial charge in [0.1, 0.15) is 10.6 Å². The van der Waals surface area contributed by atoms with Gasteiger partial charge in [-0.3, -0.25) is 4.98 Å². The van der Waals surface area contributed by atoms with E-state index in [4.69, 9.17) is 27.9 Å². The Morgan fingerprint density at radius 2 is 1.73 bits per heavy atom. The number of halogens is 3. The van der Waals surface area contributed by atoms with Crippen LogP contribution in [0.2, 0.25) is 10.0 Å². The van der Waals surface area contributed by atoms with Crippen LogP contribution < -0.4 is 9.64 Å². The van der Waals surface area contributed by atoms with Crippen LogP contribution in [-0.4, -0.2) is 51.0 Å². The first kappa shape index (κ1) is 19.7. The number of piperazine rings is 1. The van der Waals surface area contributed by atoms with Crippen LogP contribution in [0.25, 0.3) is 0 Å². The molecule has 140 valence electrons. The van der Waals surface area contributed by atoms with E-state index in [-0.39, 0.29) is 4.90 Å². The summed E-state index contributed by atoms with van der Waals surface area (Å²) in [5.41, 5.74) is 0.681. The van der Waals surface area contributed by atoms with Gasteiger partial charge in [-0.15, -0.1) is 0 Å². The number of hydrogen-bond acceptors (Lipinski definition) is 5. The molecule has 0 amide bonds. The number of rotatable bonds is 4. The monoisotopic (exact) mass is 479 g/mol. The van der Waals surface area contributed by atoms with E-state index in [1.165, 1.54) is 23.8 Å². The minimum atomic E-state index is -3.68. The molecular formula is C16H16BrCl2N3O3S. The highest BCUT2D eigenvalue weighted by molar-refractivity contribution is 9.10. The third kappa shape index (κ3) is 3.80. The number of benzene rings is 1. The SMILES string of the molecule is COc1ccc(Br)cc1S(=O)(=O)N1CCN(c2c(Cl)cncc2Cl)CC1. The van der Waals surface area contributed by atoms with E-state index in [9.17, 15) is 8.42 Å². The highest BCUT2D eigenvalue weighted by Gasteiger charge is 2.32. The van der Waals surface area contributed by atoms with E-state index in [2.05, 4.69) is 20.9 Å². The Morgan fingerprint density at radius 3 is 2.31 bits per heavy atom. The topological polar surface area (TPSA) is 62.7 Å². The molecule has 1 aromatic carbocycles. The molecule has 0 saturated carbocycles. The molecule has 0 bridgehead atoms. The Labute approximate surface area is 170 Å². The minimum Gasteiger partial charge on any atom is -0.495 e. The second-order valence-electron chi connectivity index (χ2n) is 5.64. The molecule has 26 heavy (non-hydrogen) atoms. The lowest BCUT2D eigenvalue weighted by molar-refractivity contribution is 0.374. The summed E-state index contributed by atoms with van der Waals surface area (Å²) in [4.78, 5) is 6.06. The predicted molar refractivity (Wildman–Crippen MR) is 106 cm³/mol. The summed E-state index contributed by atoms with van der Waals surface area (Å²) in [7, 11) is -2.23. The van der Waals surface area contributed by atoms with Crippen molar-refractivity contribution < 1.29 is 13.2 Å². The molecule has 1 fully saturated rings. The molecule has 0 aliphatic carbocycles. The third-order valence-corrected chi connectivity index (χ3v) is 7.09. The highest BCUT2D eigenvalue weighted by Crippen LogP contribution is 2.34. The van der Waals surface area contributed by atoms with Gasteiger partial charge in [-0.05, 0) is 18.2 Å². The van der Waals surface area contributed by atoms with Crippen LogP contribution in [0, 0.1) is 0 Å². The van der Waals surface area contributed by atoms with Crippen LogP contribution in [0.3, 0.4) is 0 Å². The number of aromatic nitrogens is 1. The van der Waals surface area contributed by atoms with Gasteiger partial charge in [0, 0.05) is 43.0 Å². The molecule has 10 heteroatoms. The first-order valence-corrected chi connectivity index (χ1v) is 10.7. The smallest absolute Gasteiger partial charge is 0.246 e. The molecule has 0 N–H and O–H groups in total. The van der Waals surface area contributed by atoms with Crippen molar-refractivity contribution in [2.75, 3.05) is 38.2 Å². The normalized spacial score (nSPS) is 15.9. The molecule has 0 unspecified atom stereocenters. The lowest BCUT2D eigenvalue weighted by atomic mass is 10.3. The van der Waals surface area contributed by atoms with Crippen molar-refractivity contribution in [3.8, 4) is 5.75 Å². The second kappa shape index (κ2) is 7.90. The van der Waals surface area contributed by atoms with Gasteiger partial charge in [-0.25, -0.2) is 8.42 Å². The van der Waals surface area contributed by atoms with E-state index in [0.29, 0.717) is 52.1 Å². The van der Waals surface area contributed by atoms with Crippen LogP contribution in [-0.2, 0) is 10.0 Å². The maximum atomic E-state index is 13.0. The summed E-state index contributed by atoms with van der Waals surface area (Å²) in [5.74, 6) is 0.316. The van der Waals surface area contributed by atoms with E-state index < -0.39 is 10.0 Å². The maximum Gasteiger partial charge on any atom is 0.246 e. The van der Waals surface area contributed by atoms with E-state index in [1.54, 1.807) is 18.2 Å².